The van der Waals surface area contributed by atoms with E-state index in [0.29, 0.717) is 17.4 Å². The smallest absolute Gasteiger partial charge is 0.139 e. The summed E-state index contributed by atoms with van der Waals surface area (Å²) in [5.74, 6) is 0.683. The zero-order valence-corrected chi connectivity index (χ0v) is 10.8. The van der Waals surface area contributed by atoms with Crippen LogP contribution in [0.5, 0.6) is 5.75 Å². The Morgan fingerprint density at radius 1 is 1.47 bits per heavy atom. The molecule has 78 valence electrons. The van der Waals surface area contributed by atoms with Crippen LogP contribution in [-0.2, 0) is 6.61 Å². The highest BCUT2D eigenvalue weighted by Crippen LogP contribution is 2.24. The van der Waals surface area contributed by atoms with Crippen molar-refractivity contribution in [2.75, 3.05) is 0 Å². The Morgan fingerprint density at radius 3 is 3.00 bits per heavy atom. The number of ether oxygens (including phenoxy) is 1. The van der Waals surface area contributed by atoms with Gasteiger partial charge in [-0.1, -0.05) is 11.6 Å². The maximum atomic E-state index is 5.79. The summed E-state index contributed by atoms with van der Waals surface area (Å²) in [6.45, 7) is 0.528. The van der Waals surface area contributed by atoms with Crippen LogP contribution >= 0.6 is 38.9 Å². The predicted octanol–water partition coefficient (Wildman–Crippen LogP) is 4.14. The number of hydrogen-bond donors (Lipinski definition) is 0. The van der Waals surface area contributed by atoms with Crippen LogP contribution in [0.15, 0.2) is 34.4 Å². The van der Waals surface area contributed by atoms with Crippen LogP contribution in [0.1, 0.15) is 4.88 Å². The van der Waals surface area contributed by atoms with Crippen LogP contribution in [0.4, 0.5) is 0 Å². The third kappa shape index (κ3) is 2.93. The van der Waals surface area contributed by atoms with Crippen LogP contribution in [-0.4, -0.2) is 4.98 Å². The summed E-state index contributed by atoms with van der Waals surface area (Å²) in [4.78, 5) is 5.09. The molecule has 0 atom stereocenters. The Labute approximate surface area is 105 Å². The second-order valence-electron chi connectivity index (χ2n) is 2.82. The van der Waals surface area contributed by atoms with Gasteiger partial charge in [-0.3, -0.25) is 4.98 Å². The third-order valence-electron chi connectivity index (χ3n) is 1.74. The summed E-state index contributed by atoms with van der Waals surface area (Å²) in [6, 6.07) is 3.75. The summed E-state index contributed by atoms with van der Waals surface area (Å²) >= 11 is 10.9. The van der Waals surface area contributed by atoms with Crippen molar-refractivity contribution in [2.45, 2.75) is 6.61 Å². The summed E-state index contributed by atoms with van der Waals surface area (Å²) < 4.78 is 6.62. The molecule has 0 amide bonds. The van der Waals surface area contributed by atoms with Crippen LogP contribution in [0.25, 0.3) is 0 Å². The van der Waals surface area contributed by atoms with E-state index in [1.54, 1.807) is 29.8 Å². The molecule has 5 heteroatoms. The predicted molar refractivity (Wildman–Crippen MR) is 65.6 cm³/mol. The van der Waals surface area contributed by atoms with Crippen LogP contribution in [0.2, 0.25) is 5.02 Å². The number of pyridine rings is 1. The summed E-state index contributed by atoms with van der Waals surface area (Å²) in [7, 11) is 0. The zero-order valence-electron chi connectivity index (χ0n) is 7.61. The average molecular weight is 305 g/mol. The van der Waals surface area contributed by atoms with Crippen molar-refractivity contribution in [1.29, 1.82) is 0 Å². The monoisotopic (exact) mass is 303 g/mol. The number of thiophene rings is 1. The number of hydrogen-bond acceptors (Lipinski definition) is 3. The lowest BCUT2D eigenvalue weighted by molar-refractivity contribution is 0.308. The number of aromatic nitrogens is 1. The van der Waals surface area contributed by atoms with Gasteiger partial charge in [0.05, 0.1) is 16.1 Å². The molecule has 15 heavy (non-hydrogen) atoms. The van der Waals surface area contributed by atoms with Gasteiger partial charge in [-0.2, -0.15) is 0 Å². The molecule has 2 heterocycles. The molecule has 0 fully saturated rings. The molecule has 2 aromatic heterocycles. The molecule has 0 aromatic carbocycles. The lowest BCUT2D eigenvalue weighted by Gasteiger charge is -2.04. The normalized spacial score (nSPS) is 10.3. The Kier molecular flexibility index (Phi) is 3.61. The van der Waals surface area contributed by atoms with Crippen molar-refractivity contribution in [3.05, 3.63) is 44.3 Å². The number of nitrogens with zero attached hydrogens (tertiary/aromatic N) is 1. The van der Waals surface area contributed by atoms with E-state index in [1.807, 2.05) is 11.4 Å². The number of rotatable bonds is 3. The van der Waals surface area contributed by atoms with Gasteiger partial charge in [0.15, 0.2) is 0 Å². The topological polar surface area (TPSA) is 22.1 Å². The first kappa shape index (κ1) is 10.9. The lowest BCUT2D eigenvalue weighted by atomic mass is 10.4. The van der Waals surface area contributed by atoms with Gasteiger partial charge in [-0.15, -0.1) is 11.3 Å². The minimum atomic E-state index is 0.528. The fourth-order valence-electron chi connectivity index (χ4n) is 1.05. The molecule has 0 radical (unpaired) electrons. The zero-order chi connectivity index (χ0) is 10.7. The number of halogens is 2. The van der Waals surface area contributed by atoms with Crippen molar-refractivity contribution >= 4 is 38.9 Å². The van der Waals surface area contributed by atoms with Crippen molar-refractivity contribution in [1.82, 2.24) is 4.98 Å². The standard InChI is InChI=1S/C10H7BrClNOS/c11-9-1-2-15-10(9)6-14-8-3-7(12)4-13-5-8/h1-5H,6H2. The summed E-state index contributed by atoms with van der Waals surface area (Å²) in [5, 5.41) is 2.59. The molecule has 2 nitrogen and oxygen atoms in total. The summed E-state index contributed by atoms with van der Waals surface area (Å²) in [5.41, 5.74) is 0. The fraction of sp³-hybridized carbons (Fsp3) is 0.100. The largest absolute Gasteiger partial charge is 0.486 e. The van der Waals surface area contributed by atoms with Gasteiger partial charge >= 0.3 is 0 Å². The van der Waals surface area contributed by atoms with E-state index in [4.69, 9.17) is 16.3 Å². The molecule has 0 spiro atoms. The maximum absolute atomic E-state index is 5.79. The maximum Gasteiger partial charge on any atom is 0.139 e. The van der Waals surface area contributed by atoms with Gasteiger partial charge in [-0.05, 0) is 27.4 Å². The molecule has 0 aliphatic rings. The van der Waals surface area contributed by atoms with Crippen molar-refractivity contribution in [3.63, 3.8) is 0 Å². The Morgan fingerprint density at radius 2 is 2.33 bits per heavy atom. The molecular weight excluding hydrogens is 298 g/mol. The Hall–Kier alpha value is -0.580. The van der Waals surface area contributed by atoms with E-state index in [-0.39, 0.29) is 0 Å². The van der Waals surface area contributed by atoms with Gasteiger partial charge in [0.2, 0.25) is 0 Å². The highest BCUT2D eigenvalue weighted by atomic mass is 79.9. The van der Waals surface area contributed by atoms with Crippen molar-refractivity contribution in [3.8, 4) is 5.75 Å². The van der Waals surface area contributed by atoms with E-state index in [9.17, 15) is 0 Å². The first-order valence-corrected chi connectivity index (χ1v) is 6.26. The van der Waals surface area contributed by atoms with Gasteiger partial charge in [-0.25, -0.2) is 0 Å². The fourth-order valence-corrected chi connectivity index (χ4v) is 2.59. The van der Waals surface area contributed by atoms with E-state index in [0.717, 1.165) is 9.35 Å². The SMILES string of the molecule is Clc1cncc(OCc2sccc2Br)c1. The van der Waals surface area contributed by atoms with Crippen molar-refractivity contribution in [2.24, 2.45) is 0 Å². The quantitative estimate of drug-likeness (QED) is 0.850. The second kappa shape index (κ2) is 4.96. The molecule has 0 aliphatic heterocycles. The highest BCUT2D eigenvalue weighted by molar-refractivity contribution is 9.10. The Balaban J connectivity index is 2.02. The third-order valence-corrected chi connectivity index (χ3v) is 3.85. The van der Waals surface area contributed by atoms with Gasteiger partial charge in [0, 0.05) is 16.7 Å². The first-order valence-electron chi connectivity index (χ1n) is 4.21. The van der Waals surface area contributed by atoms with E-state index >= 15 is 0 Å². The van der Waals surface area contributed by atoms with Crippen LogP contribution < -0.4 is 4.74 Å². The molecule has 0 saturated heterocycles. The minimum absolute atomic E-state index is 0.528. The highest BCUT2D eigenvalue weighted by Gasteiger charge is 2.02. The Bertz CT molecular complexity index is 460. The molecule has 2 rings (SSSR count). The van der Waals surface area contributed by atoms with Crippen LogP contribution in [0, 0.1) is 0 Å². The van der Waals surface area contributed by atoms with Gasteiger partial charge in [0.25, 0.3) is 0 Å². The van der Waals surface area contributed by atoms with Gasteiger partial charge in [0.1, 0.15) is 12.4 Å². The molecule has 2 aromatic rings. The second-order valence-corrected chi connectivity index (χ2v) is 5.11. The molecular formula is C10H7BrClNOS. The summed E-state index contributed by atoms with van der Waals surface area (Å²) in [6.07, 6.45) is 3.23. The van der Waals surface area contributed by atoms with Gasteiger partial charge < -0.3 is 4.74 Å². The van der Waals surface area contributed by atoms with Crippen molar-refractivity contribution < 1.29 is 4.74 Å². The van der Waals surface area contributed by atoms with E-state index in [2.05, 4.69) is 20.9 Å². The lowest BCUT2D eigenvalue weighted by Crippen LogP contribution is -1.93. The molecule has 0 aliphatic carbocycles. The minimum Gasteiger partial charge on any atom is -0.486 e. The molecule has 0 N–H and O–H groups in total. The van der Waals surface area contributed by atoms with E-state index in [1.165, 1.54) is 0 Å². The molecule has 0 saturated carbocycles. The molecule has 0 bridgehead atoms. The molecule has 0 unspecified atom stereocenters. The van der Waals surface area contributed by atoms with Crippen LogP contribution in [0.3, 0.4) is 0 Å². The van der Waals surface area contributed by atoms with E-state index < -0.39 is 0 Å². The average Bonchev–Trinajstić information content (AvgIpc) is 2.61. The first-order chi connectivity index (χ1) is 7.25.